The molecule has 2 aromatic rings. The zero-order valence-corrected chi connectivity index (χ0v) is 11.9. The van der Waals surface area contributed by atoms with Crippen LogP contribution in [0.3, 0.4) is 0 Å². The molecule has 0 fully saturated rings. The summed E-state index contributed by atoms with van der Waals surface area (Å²) in [6, 6.07) is 12.2. The van der Waals surface area contributed by atoms with E-state index >= 15 is 0 Å². The molecule has 1 nitrogen and oxygen atoms in total. The van der Waals surface area contributed by atoms with Gasteiger partial charge in [0.1, 0.15) is 0 Å². The zero-order valence-electron chi connectivity index (χ0n) is 11.1. The molecule has 2 rings (SSSR count). The minimum absolute atomic E-state index is 0.239. The third-order valence-corrected chi connectivity index (χ3v) is 4.06. The molecule has 0 aliphatic rings. The van der Waals surface area contributed by atoms with Crippen molar-refractivity contribution >= 4 is 28.3 Å². The van der Waals surface area contributed by atoms with Crippen molar-refractivity contribution in [3.05, 3.63) is 47.5 Å². The van der Waals surface area contributed by atoms with Crippen molar-refractivity contribution in [1.29, 1.82) is 0 Å². The van der Waals surface area contributed by atoms with Crippen LogP contribution in [0.5, 0.6) is 0 Å². The monoisotopic (exact) mass is 258 g/mol. The summed E-state index contributed by atoms with van der Waals surface area (Å²) in [5.41, 5.74) is 1.96. The van der Waals surface area contributed by atoms with E-state index in [1.807, 2.05) is 31.2 Å². The molecule has 0 heterocycles. The molecule has 0 N–H and O–H groups in total. The highest BCUT2D eigenvalue weighted by atomic mass is 32.2. The molecule has 18 heavy (non-hydrogen) atoms. The third-order valence-electron chi connectivity index (χ3n) is 2.96. The normalized spacial score (nSPS) is 11.1. The van der Waals surface area contributed by atoms with Gasteiger partial charge in [-0.2, -0.15) is 11.8 Å². The van der Waals surface area contributed by atoms with Gasteiger partial charge >= 0.3 is 0 Å². The lowest BCUT2D eigenvalue weighted by atomic mass is 9.97. The highest BCUT2D eigenvalue weighted by Crippen LogP contribution is 2.24. The average molecular weight is 258 g/mol. The van der Waals surface area contributed by atoms with Gasteiger partial charge in [0, 0.05) is 5.56 Å². The van der Waals surface area contributed by atoms with Crippen LogP contribution < -0.4 is 0 Å². The largest absolute Gasteiger partial charge is 0.293 e. The summed E-state index contributed by atoms with van der Waals surface area (Å²) in [7, 11) is 0. The fourth-order valence-corrected chi connectivity index (χ4v) is 2.69. The standard InChI is InChI=1S/C16H18OS/c1-11(2)18-10-15(17)16-12(3)8-9-13-6-4-5-7-14(13)16/h4-9,11H,10H2,1-3H3. The summed E-state index contributed by atoms with van der Waals surface area (Å²) in [5, 5.41) is 2.71. The number of rotatable bonds is 4. The quantitative estimate of drug-likeness (QED) is 0.752. The van der Waals surface area contributed by atoms with E-state index in [0.29, 0.717) is 11.0 Å². The molecule has 0 unspecified atom stereocenters. The predicted molar refractivity (Wildman–Crippen MR) is 80.6 cm³/mol. The highest BCUT2D eigenvalue weighted by molar-refractivity contribution is 8.00. The first kappa shape index (κ1) is 13.2. The number of ketones is 1. The molecule has 94 valence electrons. The first-order valence-electron chi connectivity index (χ1n) is 6.22. The molecule has 0 radical (unpaired) electrons. The summed E-state index contributed by atoms with van der Waals surface area (Å²) in [6.45, 7) is 6.25. The number of hydrogen-bond donors (Lipinski definition) is 0. The summed E-state index contributed by atoms with van der Waals surface area (Å²) in [5.74, 6) is 0.801. The lowest BCUT2D eigenvalue weighted by Gasteiger charge is -2.10. The number of carbonyl (C=O) groups excluding carboxylic acids is 1. The van der Waals surface area contributed by atoms with E-state index in [1.54, 1.807) is 11.8 Å². The van der Waals surface area contributed by atoms with Gasteiger partial charge in [0.15, 0.2) is 5.78 Å². The van der Waals surface area contributed by atoms with Crippen molar-refractivity contribution < 1.29 is 4.79 Å². The molecule has 0 saturated heterocycles. The maximum absolute atomic E-state index is 12.4. The van der Waals surface area contributed by atoms with Crippen LogP contribution >= 0.6 is 11.8 Å². The number of Topliss-reactive ketones (excluding diaryl/α,β-unsaturated/α-hetero) is 1. The molecule has 0 aromatic heterocycles. The van der Waals surface area contributed by atoms with Crippen LogP contribution in [-0.2, 0) is 0 Å². The topological polar surface area (TPSA) is 17.1 Å². The van der Waals surface area contributed by atoms with E-state index in [9.17, 15) is 4.79 Å². The van der Waals surface area contributed by atoms with Gasteiger partial charge < -0.3 is 0 Å². The SMILES string of the molecule is Cc1ccc2ccccc2c1C(=O)CSC(C)C. The van der Waals surface area contributed by atoms with Crippen molar-refractivity contribution in [2.24, 2.45) is 0 Å². The number of benzene rings is 2. The van der Waals surface area contributed by atoms with Gasteiger partial charge in [0.05, 0.1) is 5.75 Å². The van der Waals surface area contributed by atoms with E-state index in [2.05, 4.69) is 26.0 Å². The van der Waals surface area contributed by atoms with Crippen LogP contribution in [0.15, 0.2) is 36.4 Å². The number of carbonyl (C=O) groups is 1. The van der Waals surface area contributed by atoms with E-state index in [1.165, 1.54) is 0 Å². The first-order valence-corrected chi connectivity index (χ1v) is 7.27. The van der Waals surface area contributed by atoms with Gasteiger partial charge in [-0.15, -0.1) is 0 Å². The molecule has 0 aliphatic heterocycles. The Hall–Kier alpha value is -1.28. The molecule has 0 spiro atoms. The summed E-state index contributed by atoms with van der Waals surface area (Å²) in [4.78, 5) is 12.4. The van der Waals surface area contributed by atoms with Crippen molar-refractivity contribution in [2.45, 2.75) is 26.0 Å². The molecule has 2 heteroatoms. The second kappa shape index (κ2) is 5.57. The second-order valence-corrected chi connectivity index (χ2v) is 6.33. The Kier molecular flexibility index (Phi) is 4.07. The van der Waals surface area contributed by atoms with Crippen LogP contribution in [0.25, 0.3) is 10.8 Å². The van der Waals surface area contributed by atoms with Crippen molar-refractivity contribution in [3.8, 4) is 0 Å². The minimum atomic E-state index is 0.239. The summed E-state index contributed by atoms with van der Waals surface area (Å²) >= 11 is 1.70. The Morgan fingerprint density at radius 2 is 1.89 bits per heavy atom. The number of hydrogen-bond acceptors (Lipinski definition) is 2. The fourth-order valence-electron chi connectivity index (χ4n) is 2.07. The van der Waals surface area contributed by atoms with Gasteiger partial charge in [-0.25, -0.2) is 0 Å². The zero-order chi connectivity index (χ0) is 13.1. The van der Waals surface area contributed by atoms with E-state index < -0.39 is 0 Å². The first-order chi connectivity index (χ1) is 8.59. The van der Waals surface area contributed by atoms with E-state index in [4.69, 9.17) is 0 Å². The Morgan fingerprint density at radius 1 is 1.17 bits per heavy atom. The maximum Gasteiger partial charge on any atom is 0.173 e. The maximum atomic E-state index is 12.4. The lowest BCUT2D eigenvalue weighted by molar-refractivity contribution is 0.102. The lowest BCUT2D eigenvalue weighted by Crippen LogP contribution is -2.07. The fraction of sp³-hybridized carbons (Fsp3) is 0.312. The predicted octanol–water partition coefficient (Wildman–Crippen LogP) is 4.47. The van der Waals surface area contributed by atoms with Gasteiger partial charge in [-0.3, -0.25) is 4.79 Å². The summed E-state index contributed by atoms with van der Waals surface area (Å²) in [6.07, 6.45) is 0. The van der Waals surface area contributed by atoms with Crippen molar-refractivity contribution in [2.75, 3.05) is 5.75 Å². The second-order valence-electron chi connectivity index (χ2n) is 4.76. The van der Waals surface area contributed by atoms with Gasteiger partial charge in [-0.05, 0) is 28.5 Å². The minimum Gasteiger partial charge on any atom is -0.293 e. The Bertz CT molecular complexity index is 572. The average Bonchev–Trinajstić information content (AvgIpc) is 2.36. The van der Waals surface area contributed by atoms with Crippen LogP contribution in [0.2, 0.25) is 0 Å². The van der Waals surface area contributed by atoms with E-state index in [0.717, 1.165) is 21.9 Å². The number of aryl methyl sites for hydroxylation is 1. The van der Waals surface area contributed by atoms with Gasteiger partial charge in [-0.1, -0.05) is 50.2 Å². The Balaban J connectivity index is 2.42. The molecule has 0 atom stereocenters. The molecular formula is C16H18OS. The van der Waals surface area contributed by atoms with Gasteiger partial charge in [0.25, 0.3) is 0 Å². The van der Waals surface area contributed by atoms with E-state index in [-0.39, 0.29) is 5.78 Å². The molecule has 0 aliphatic carbocycles. The summed E-state index contributed by atoms with van der Waals surface area (Å²) < 4.78 is 0. The van der Waals surface area contributed by atoms with Gasteiger partial charge in [0.2, 0.25) is 0 Å². The van der Waals surface area contributed by atoms with Crippen LogP contribution in [0.1, 0.15) is 29.8 Å². The molecular weight excluding hydrogens is 240 g/mol. The van der Waals surface area contributed by atoms with Crippen molar-refractivity contribution in [3.63, 3.8) is 0 Å². The third kappa shape index (κ3) is 2.75. The highest BCUT2D eigenvalue weighted by Gasteiger charge is 2.13. The number of thioether (sulfide) groups is 1. The van der Waals surface area contributed by atoms with Crippen LogP contribution in [0.4, 0.5) is 0 Å². The molecule has 0 amide bonds. The van der Waals surface area contributed by atoms with Crippen LogP contribution in [0, 0.1) is 6.92 Å². The smallest absolute Gasteiger partial charge is 0.173 e. The number of fused-ring (bicyclic) bond motifs is 1. The van der Waals surface area contributed by atoms with Crippen molar-refractivity contribution in [1.82, 2.24) is 0 Å². The Morgan fingerprint density at radius 3 is 2.61 bits per heavy atom. The van der Waals surface area contributed by atoms with Crippen LogP contribution in [-0.4, -0.2) is 16.8 Å². The molecule has 0 saturated carbocycles. The Labute approximate surface area is 113 Å². The molecule has 2 aromatic carbocycles. The molecule has 0 bridgehead atoms.